The molecule has 0 aromatic rings. The maximum absolute atomic E-state index is 8.23. The minimum Gasteiger partial charge on any atom is -0.392 e. The molecule has 0 radical (unpaired) electrons. The van der Waals surface area contributed by atoms with Crippen molar-refractivity contribution in [2.24, 2.45) is 0 Å². The summed E-state index contributed by atoms with van der Waals surface area (Å²) >= 11 is 0. The van der Waals surface area contributed by atoms with Gasteiger partial charge in [-0.25, -0.2) is 0 Å². The monoisotopic (exact) mass is 320 g/mol. The minimum absolute atomic E-state index is 0. The van der Waals surface area contributed by atoms with Crippen LogP contribution in [0.15, 0.2) is 0 Å². The summed E-state index contributed by atoms with van der Waals surface area (Å²) in [5.74, 6) is 0. The number of aliphatic hydroxyl groups excluding tert-OH is 6. The third-order valence-electron chi connectivity index (χ3n) is 1.20. The van der Waals surface area contributed by atoms with Crippen molar-refractivity contribution in [1.82, 2.24) is 0 Å². The molecular weight excluding hydrogens is 301 g/mol. The van der Waals surface area contributed by atoms with Gasteiger partial charge in [0.1, 0.15) is 0 Å². The molecule has 0 aliphatic rings. The lowest BCUT2D eigenvalue weighted by molar-refractivity contribution is 0.319. The Kier molecular flexibility index (Phi) is 34.8. The Morgan fingerprint density at radius 1 is 0.438 bits per heavy atom. The van der Waals surface area contributed by atoms with Crippen LogP contribution < -0.4 is 0 Å². The van der Waals surface area contributed by atoms with Gasteiger partial charge in [0.25, 0.3) is 0 Å². The smallest absolute Gasteiger partial charge is 0.0668 e. The molecule has 0 saturated carbocycles. The van der Waals surface area contributed by atoms with Gasteiger partial charge in [-0.2, -0.15) is 0 Å². The van der Waals surface area contributed by atoms with Crippen molar-refractivity contribution in [1.29, 1.82) is 0 Å². The van der Waals surface area contributed by atoms with Crippen molar-refractivity contribution in [2.45, 2.75) is 0 Å². The van der Waals surface area contributed by atoms with Crippen LogP contribution in [0.25, 0.3) is 0 Å². The third-order valence-corrected chi connectivity index (χ3v) is 3.60. The van der Waals surface area contributed by atoms with Gasteiger partial charge in [0.15, 0.2) is 0 Å². The highest BCUT2D eigenvalue weighted by Crippen LogP contribution is 2.29. The van der Waals surface area contributed by atoms with Gasteiger partial charge in [0.2, 0.25) is 0 Å². The molecule has 104 valence electrons. The number of hydrogen-bond donors (Lipinski definition) is 6. The Labute approximate surface area is 110 Å². The zero-order valence-corrected chi connectivity index (χ0v) is 12.1. The zero-order chi connectivity index (χ0) is 11.4. The van der Waals surface area contributed by atoms with Gasteiger partial charge >= 0.3 is 0 Å². The summed E-state index contributed by atoms with van der Waals surface area (Å²) < 4.78 is 0. The van der Waals surface area contributed by atoms with E-state index in [9.17, 15) is 0 Å². The molecule has 0 rings (SSSR count). The van der Waals surface area contributed by atoms with E-state index in [-0.39, 0.29) is 62.9 Å². The Morgan fingerprint density at radius 2 is 0.562 bits per heavy atom. The molecule has 16 heavy (non-hydrogen) atoms. The molecule has 0 saturated heterocycles. The summed E-state index contributed by atoms with van der Waals surface area (Å²) in [6.07, 6.45) is -0.486. The average molecular weight is 321 g/mol. The Bertz CT molecular complexity index is 84.0. The van der Waals surface area contributed by atoms with Gasteiger partial charge < -0.3 is 30.6 Å². The van der Waals surface area contributed by atoms with E-state index in [2.05, 4.69) is 0 Å². The minimum atomic E-state index is -0.887. The highest BCUT2D eigenvalue weighted by atomic mass is 35.5. The molecule has 10 heteroatoms. The first kappa shape index (κ1) is 25.9. The van der Waals surface area contributed by atoms with Crippen LogP contribution in [0.5, 0.6) is 0 Å². The predicted octanol–water partition coefficient (Wildman–Crippen LogP) is -0.521. The quantitative estimate of drug-likeness (QED) is 0.366. The van der Waals surface area contributed by atoms with E-state index in [0.717, 1.165) is 0 Å². The number of rotatable bonds is 6. The summed E-state index contributed by atoms with van der Waals surface area (Å²) in [6, 6.07) is 0. The fourth-order valence-corrected chi connectivity index (χ4v) is 0.805. The Hall–Kier alpha value is 1.20. The molecule has 0 fully saturated rings. The van der Waals surface area contributed by atoms with E-state index >= 15 is 0 Å². The van der Waals surface area contributed by atoms with Crippen LogP contribution in [0.3, 0.4) is 0 Å². The van der Waals surface area contributed by atoms with E-state index in [1.165, 1.54) is 0 Å². The van der Waals surface area contributed by atoms with Gasteiger partial charge in [-0.3, -0.25) is 0 Å². The normalized spacial score (nSPS) is 9.00. The molecule has 0 bridgehead atoms. The fraction of sp³-hybridized carbons (Fsp3) is 1.00. The first-order valence-electron chi connectivity index (χ1n) is 3.79. The Morgan fingerprint density at radius 3 is 0.562 bits per heavy atom. The lowest BCUT2D eigenvalue weighted by atomic mass is 11.6. The highest BCUT2D eigenvalue weighted by molar-refractivity contribution is 7.57. The van der Waals surface area contributed by atoms with Gasteiger partial charge in [0.05, 0.1) is 38.1 Å². The van der Waals surface area contributed by atoms with Crippen molar-refractivity contribution in [2.75, 3.05) is 38.1 Å². The van der Waals surface area contributed by atoms with Crippen molar-refractivity contribution in [3.05, 3.63) is 0 Å². The molecule has 6 nitrogen and oxygen atoms in total. The van der Waals surface area contributed by atoms with Crippen molar-refractivity contribution < 1.29 is 30.6 Å². The van der Waals surface area contributed by atoms with Gasteiger partial charge in [-0.1, -0.05) is 0 Å². The van der Waals surface area contributed by atoms with E-state index in [4.69, 9.17) is 30.6 Å². The van der Waals surface area contributed by atoms with E-state index < -0.39 is 15.8 Å². The summed E-state index contributed by atoms with van der Waals surface area (Å²) in [6.45, 7) is 0. The number of halogens is 2. The van der Waals surface area contributed by atoms with E-state index in [0.29, 0.717) is 0 Å². The van der Waals surface area contributed by atoms with Crippen LogP contribution in [-0.2, 0) is 0 Å². The lowest BCUT2D eigenvalue weighted by Crippen LogP contribution is -1.91. The molecule has 0 heterocycles. The van der Waals surface area contributed by atoms with E-state index in [1.54, 1.807) is 0 Å². The SMILES string of the molecule is Cl.Cl.OCP(CO)CO.OCP(CO)CO. The fourth-order valence-electron chi connectivity index (χ4n) is 0.268. The number of aliphatic hydroxyl groups is 6. The maximum Gasteiger partial charge on any atom is 0.0668 e. The molecule has 0 unspecified atom stereocenters. The van der Waals surface area contributed by atoms with Crippen molar-refractivity contribution in [3.63, 3.8) is 0 Å². The molecule has 0 aliphatic carbocycles. The lowest BCUT2D eigenvalue weighted by Gasteiger charge is -2.03. The second-order valence-corrected chi connectivity index (χ2v) is 6.57. The van der Waals surface area contributed by atoms with Crippen LogP contribution in [-0.4, -0.2) is 68.7 Å². The highest BCUT2D eigenvalue weighted by Gasteiger charge is 1.99. The van der Waals surface area contributed by atoms with E-state index in [1.807, 2.05) is 0 Å². The summed E-state index contributed by atoms with van der Waals surface area (Å²) in [7, 11) is -1.77. The topological polar surface area (TPSA) is 121 Å². The second kappa shape index (κ2) is 21.5. The molecule has 0 atom stereocenters. The average Bonchev–Trinajstić information content (AvgIpc) is 2.24. The molecule has 0 spiro atoms. The largest absolute Gasteiger partial charge is 0.392 e. The molecule has 0 aliphatic heterocycles. The summed E-state index contributed by atoms with van der Waals surface area (Å²) in [4.78, 5) is 0. The van der Waals surface area contributed by atoms with Crippen molar-refractivity contribution >= 4 is 40.7 Å². The number of hydrogen-bond acceptors (Lipinski definition) is 6. The van der Waals surface area contributed by atoms with Gasteiger partial charge in [-0.05, 0) is 15.8 Å². The van der Waals surface area contributed by atoms with Crippen molar-refractivity contribution in [3.8, 4) is 0 Å². The van der Waals surface area contributed by atoms with Gasteiger partial charge in [-0.15, -0.1) is 24.8 Å². The van der Waals surface area contributed by atoms with Crippen LogP contribution >= 0.6 is 40.7 Å². The van der Waals surface area contributed by atoms with Crippen LogP contribution in [0.2, 0.25) is 0 Å². The predicted molar refractivity (Wildman–Crippen MR) is 70.9 cm³/mol. The first-order chi connectivity index (χ1) is 6.69. The molecule has 6 N–H and O–H groups in total. The molecule has 0 amide bonds. The van der Waals surface area contributed by atoms with Gasteiger partial charge in [0, 0.05) is 0 Å². The molecule has 0 aromatic heterocycles. The zero-order valence-electron chi connectivity index (χ0n) is 8.64. The Balaban J connectivity index is -0.0000000800. The summed E-state index contributed by atoms with van der Waals surface area (Å²) in [5, 5.41) is 49.4. The van der Waals surface area contributed by atoms with Crippen LogP contribution in [0.4, 0.5) is 0 Å². The first-order valence-corrected chi connectivity index (χ1v) is 7.59. The third kappa shape index (κ3) is 17.6. The summed E-state index contributed by atoms with van der Waals surface area (Å²) in [5.41, 5.74) is 0. The van der Waals surface area contributed by atoms with Crippen LogP contribution in [0, 0.1) is 0 Å². The van der Waals surface area contributed by atoms with Crippen LogP contribution in [0.1, 0.15) is 0 Å². The standard InChI is InChI=1S/2C3H9O3P.2ClH/c2*4-1-7(2-5)3-6;;/h2*4-6H,1-3H2;2*1H. The maximum atomic E-state index is 8.23. The second-order valence-electron chi connectivity index (χ2n) is 2.19. The molecule has 0 aromatic carbocycles. The molecular formula is C6H20Cl2O6P2.